The third kappa shape index (κ3) is 4.61. The molecule has 0 spiro atoms. The van der Waals surface area contributed by atoms with Crippen molar-refractivity contribution in [2.75, 3.05) is 39.5 Å². The summed E-state index contributed by atoms with van der Waals surface area (Å²) in [5, 5.41) is 6.26. The van der Waals surface area contributed by atoms with Crippen molar-refractivity contribution in [3.05, 3.63) is 0 Å². The topological polar surface area (TPSA) is 59.6 Å². The number of hydrogen-bond acceptors (Lipinski definition) is 4. The summed E-state index contributed by atoms with van der Waals surface area (Å²) < 4.78 is 10.7. The predicted molar refractivity (Wildman–Crippen MR) is 63.8 cm³/mol. The SMILES string of the molecule is O=C(CC1COCCN1)NCC1CCCOC1. The first-order valence-electron chi connectivity index (χ1n) is 6.50. The number of ether oxygens (including phenoxy) is 2. The van der Waals surface area contributed by atoms with Gasteiger partial charge in [0.05, 0.1) is 19.8 Å². The average Bonchev–Trinajstić information content (AvgIpc) is 2.39. The van der Waals surface area contributed by atoms with Crippen molar-refractivity contribution in [1.82, 2.24) is 10.6 Å². The molecule has 2 unspecified atom stereocenters. The summed E-state index contributed by atoms with van der Waals surface area (Å²) in [5.74, 6) is 0.599. The average molecular weight is 242 g/mol. The molecule has 5 nitrogen and oxygen atoms in total. The van der Waals surface area contributed by atoms with Gasteiger partial charge in [0.2, 0.25) is 5.91 Å². The van der Waals surface area contributed by atoms with Crippen LogP contribution in [0.4, 0.5) is 0 Å². The Morgan fingerprint density at radius 2 is 2.18 bits per heavy atom. The molecular formula is C12H22N2O3. The molecule has 2 aliphatic rings. The van der Waals surface area contributed by atoms with Gasteiger partial charge in [-0.1, -0.05) is 0 Å². The van der Waals surface area contributed by atoms with Gasteiger partial charge in [-0.05, 0) is 18.8 Å². The van der Waals surface area contributed by atoms with E-state index in [1.54, 1.807) is 0 Å². The van der Waals surface area contributed by atoms with Gasteiger partial charge in [0.15, 0.2) is 0 Å². The summed E-state index contributed by atoms with van der Waals surface area (Å²) >= 11 is 0. The Hall–Kier alpha value is -0.650. The van der Waals surface area contributed by atoms with Crippen molar-refractivity contribution in [2.24, 2.45) is 5.92 Å². The van der Waals surface area contributed by atoms with Gasteiger partial charge in [0.25, 0.3) is 0 Å². The minimum absolute atomic E-state index is 0.110. The van der Waals surface area contributed by atoms with Crippen LogP contribution in [0.1, 0.15) is 19.3 Å². The lowest BCUT2D eigenvalue weighted by atomic mass is 10.0. The van der Waals surface area contributed by atoms with Crippen molar-refractivity contribution >= 4 is 5.91 Å². The number of carbonyl (C=O) groups excluding carboxylic acids is 1. The van der Waals surface area contributed by atoms with Crippen molar-refractivity contribution in [2.45, 2.75) is 25.3 Å². The highest BCUT2D eigenvalue weighted by Crippen LogP contribution is 2.12. The van der Waals surface area contributed by atoms with Gasteiger partial charge in [-0.2, -0.15) is 0 Å². The maximum absolute atomic E-state index is 11.7. The second kappa shape index (κ2) is 6.93. The van der Waals surface area contributed by atoms with E-state index in [9.17, 15) is 4.79 Å². The summed E-state index contributed by atoms with van der Waals surface area (Å²) in [6, 6.07) is 0.173. The molecule has 0 aromatic carbocycles. The number of amides is 1. The Bertz CT molecular complexity index is 236. The van der Waals surface area contributed by atoms with Crippen LogP contribution < -0.4 is 10.6 Å². The molecule has 0 saturated carbocycles. The fraction of sp³-hybridized carbons (Fsp3) is 0.917. The van der Waals surface area contributed by atoms with Gasteiger partial charge in [0.1, 0.15) is 0 Å². The molecule has 2 N–H and O–H groups in total. The molecule has 2 atom stereocenters. The monoisotopic (exact) mass is 242 g/mol. The first kappa shape index (κ1) is 12.8. The van der Waals surface area contributed by atoms with Gasteiger partial charge in [0, 0.05) is 32.2 Å². The highest BCUT2D eigenvalue weighted by molar-refractivity contribution is 5.76. The first-order valence-corrected chi connectivity index (χ1v) is 6.50. The van der Waals surface area contributed by atoms with Crippen LogP contribution in [0.3, 0.4) is 0 Å². The number of carbonyl (C=O) groups is 1. The molecular weight excluding hydrogens is 220 g/mol. The van der Waals surface area contributed by atoms with Gasteiger partial charge in [-0.3, -0.25) is 4.79 Å². The highest BCUT2D eigenvalue weighted by Gasteiger charge is 2.18. The van der Waals surface area contributed by atoms with Crippen LogP contribution in [-0.2, 0) is 14.3 Å². The van der Waals surface area contributed by atoms with Crippen LogP contribution in [0.25, 0.3) is 0 Å². The number of nitrogens with one attached hydrogen (secondary N) is 2. The van der Waals surface area contributed by atoms with Crippen LogP contribution in [0.15, 0.2) is 0 Å². The smallest absolute Gasteiger partial charge is 0.221 e. The van der Waals surface area contributed by atoms with Gasteiger partial charge in [-0.25, -0.2) is 0 Å². The largest absolute Gasteiger partial charge is 0.381 e. The molecule has 0 bridgehead atoms. The Labute approximate surface area is 102 Å². The Kier molecular flexibility index (Phi) is 5.22. The molecule has 5 heteroatoms. The zero-order chi connectivity index (χ0) is 11.9. The van der Waals surface area contributed by atoms with Crippen LogP contribution in [0.5, 0.6) is 0 Å². The van der Waals surface area contributed by atoms with E-state index in [0.717, 1.165) is 45.8 Å². The quantitative estimate of drug-likeness (QED) is 0.723. The minimum atomic E-state index is 0.110. The van der Waals surface area contributed by atoms with E-state index in [4.69, 9.17) is 9.47 Å². The first-order chi connectivity index (χ1) is 8.34. The van der Waals surface area contributed by atoms with Crippen molar-refractivity contribution < 1.29 is 14.3 Å². The fourth-order valence-corrected chi connectivity index (χ4v) is 2.27. The van der Waals surface area contributed by atoms with E-state index in [1.165, 1.54) is 0 Å². The number of morpholine rings is 1. The lowest BCUT2D eigenvalue weighted by Gasteiger charge is -2.25. The van der Waals surface area contributed by atoms with Gasteiger partial charge in [-0.15, -0.1) is 0 Å². The molecule has 2 rings (SSSR count). The number of hydrogen-bond donors (Lipinski definition) is 2. The second-order valence-corrected chi connectivity index (χ2v) is 4.82. The van der Waals surface area contributed by atoms with Gasteiger partial charge >= 0.3 is 0 Å². The molecule has 0 aromatic rings. The van der Waals surface area contributed by atoms with E-state index in [1.807, 2.05) is 0 Å². The third-order valence-corrected chi connectivity index (χ3v) is 3.27. The molecule has 2 heterocycles. The van der Waals surface area contributed by atoms with Crippen molar-refractivity contribution in [3.8, 4) is 0 Å². The zero-order valence-electron chi connectivity index (χ0n) is 10.2. The van der Waals surface area contributed by atoms with Gasteiger partial charge < -0.3 is 20.1 Å². The molecule has 17 heavy (non-hydrogen) atoms. The van der Waals surface area contributed by atoms with Crippen molar-refractivity contribution in [1.29, 1.82) is 0 Å². The standard InChI is InChI=1S/C12H22N2O3/c15-12(6-11-9-17-5-3-13-11)14-7-10-2-1-4-16-8-10/h10-11,13H,1-9H2,(H,14,15). The summed E-state index contributed by atoms with van der Waals surface area (Å²) in [5.41, 5.74) is 0. The molecule has 1 amide bonds. The molecule has 2 aliphatic heterocycles. The second-order valence-electron chi connectivity index (χ2n) is 4.82. The third-order valence-electron chi connectivity index (χ3n) is 3.27. The van der Waals surface area contributed by atoms with Crippen LogP contribution in [0.2, 0.25) is 0 Å². The summed E-state index contributed by atoms with van der Waals surface area (Å²) in [7, 11) is 0. The normalized spacial score (nSPS) is 29.9. The highest BCUT2D eigenvalue weighted by atomic mass is 16.5. The van der Waals surface area contributed by atoms with Crippen LogP contribution >= 0.6 is 0 Å². The number of rotatable bonds is 4. The van der Waals surface area contributed by atoms with E-state index >= 15 is 0 Å². The van der Waals surface area contributed by atoms with Crippen LogP contribution in [0, 0.1) is 5.92 Å². The summed E-state index contributed by atoms with van der Waals surface area (Å²) in [6.45, 7) is 4.62. The summed E-state index contributed by atoms with van der Waals surface area (Å²) in [6.07, 6.45) is 2.78. The molecule has 0 aromatic heterocycles. The molecule has 2 fully saturated rings. The Morgan fingerprint density at radius 1 is 1.29 bits per heavy atom. The zero-order valence-corrected chi connectivity index (χ0v) is 10.2. The summed E-state index contributed by atoms with van der Waals surface area (Å²) in [4.78, 5) is 11.7. The maximum atomic E-state index is 11.7. The van der Waals surface area contributed by atoms with E-state index in [2.05, 4.69) is 10.6 Å². The minimum Gasteiger partial charge on any atom is -0.381 e. The fourth-order valence-electron chi connectivity index (χ4n) is 2.27. The predicted octanol–water partition coefficient (Wildman–Crippen LogP) is -0.0923. The van der Waals surface area contributed by atoms with E-state index < -0.39 is 0 Å². The molecule has 0 radical (unpaired) electrons. The van der Waals surface area contributed by atoms with Crippen molar-refractivity contribution in [3.63, 3.8) is 0 Å². The molecule has 2 saturated heterocycles. The lowest BCUT2D eigenvalue weighted by molar-refractivity contribution is -0.122. The molecule has 98 valence electrons. The Balaban J connectivity index is 1.59. The van der Waals surface area contributed by atoms with E-state index in [-0.39, 0.29) is 11.9 Å². The maximum Gasteiger partial charge on any atom is 0.221 e. The lowest BCUT2D eigenvalue weighted by Crippen LogP contribution is -2.45. The Morgan fingerprint density at radius 3 is 2.88 bits per heavy atom. The van der Waals surface area contributed by atoms with Crippen LogP contribution in [-0.4, -0.2) is 51.5 Å². The van der Waals surface area contributed by atoms with E-state index in [0.29, 0.717) is 18.9 Å². The molecule has 0 aliphatic carbocycles.